The summed E-state index contributed by atoms with van der Waals surface area (Å²) >= 11 is 0. The van der Waals surface area contributed by atoms with E-state index in [-0.39, 0.29) is 12.2 Å². The maximum atomic E-state index is 13.2. The number of rotatable bonds is 7. The van der Waals surface area contributed by atoms with Gasteiger partial charge < -0.3 is 15.5 Å². The smallest absolute Gasteiger partial charge is 0.416 e. The Bertz CT molecular complexity index is 1010. The largest absolute Gasteiger partial charge is 0.480 e. The summed E-state index contributed by atoms with van der Waals surface area (Å²) in [5.74, 6) is -1.28. The zero-order chi connectivity index (χ0) is 24.2. The minimum atomic E-state index is -4.51. The number of nitrogens with one attached hydrogen (secondary N) is 1. The first-order chi connectivity index (χ1) is 15.6. The molecule has 3 N–H and O–H groups in total. The molecule has 0 aromatic heterocycles. The standard InChI is InChI=1S/C25H28F3NO4/c1-16-9-11-24(12-10-16,23(32)33)29-22(31)19-8-7-17(5-3-13-30)21(15-19)18-4-2-6-20(14-18)25(26,27)28/h2,4,6-8,14-16,30H,3,5,9-13H2,1H3,(H,29,31)(H,32,33)/t16-,24-. The molecular weight excluding hydrogens is 435 g/mol. The van der Waals surface area contributed by atoms with Crippen LogP contribution in [-0.2, 0) is 17.4 Å². The molecule has 3 rings (SSSR count). The van der Waals surface area contributed by atoms with Crippen LogP contribution in [0.5, 0.6) is 0 Å². The van der Waals surface area contributed by atoms with Crippen LogP contribution in [-0.4, -0.2) is 34.2 Å². The number of amides is 1. The van der Waals surface area contributed by atoms with Crippen molar-refractivity contribution in [2.75, 3.05) is 6.61 Å². The maximum Gasteiger partial charge on any atom is 0.416 e. The van der Waals surface area contributed by atoms with Gasteiger partial charge in [0.25, 0.3) is 5.91 Å². The van der Waals surface area contributed by atoms with Crippen LogP contribution in [0, 0.1) is 5.92 Å². The van der Waals surface area contributed by atoms with Gasteiger partial charge in [-0.25, -0.2) is 4.79 Å². The molecule has 2 aromatic rings. The first-order valence-corrected chi connectivity index (χ1v) is 11.0. The van der Waals surface area contributed by atoms with Crippen molar-refractivity contribution in [3.63, 3.8) is 0 Å². The van der Waals surface area contributed by atoms with Crippen LogP contribution < -0.4 is 5.32 Å². The lowest BCUT2D eigenvalue weighted by Gasteiger charge is -2.36. The van der Waals surface area contributed by atoms with Crippen molar-refractivity contribution in [2.45, 2.75) is 57.2 Å². The maximum absolute atomic E-state index is 13.2. The monoisotopic (exact) mass is 463 g/mol. The second-order valence-corrected chi connectivity index (χ2v) is 8.80. The molecule has 0 spiro atoms. The first kappa shape index (κ1) is 24.8. The molecule has 0 heterocycles. The highest BCUT2D eigenvalue weighted by Crippen LogP contribution is 2.35. The van der Waals surface area contributed by atoms with Crippen molar-refractivity contribution in [3.8, 4) is 11.1 Å². The number of hydrogen-bond acceptors (Lipinski definition) is 3. The van der Waals surface area contributed by atoms with Crippen LogP contribution in [0.4, 0.5) is 13.2 Å². The molecule has 1 aliphatic rings. The number of benzene rings is 2. The van der Waals surface area contributed by atoms with Crippen LogP contribution in [0.2, 0.25) is 0 Å². The minimum absolute atomic E-state index is 0.0795. The SMILES string of the molecule is C[C@H]1CC[C@@](NC(=O)c2ccc(CCCO)c(-c3cccc(C(F)(F)F)c3)c2)(C(=O)O)CC1. The summed E-state index contributed by atoms with van der Waals surface area (Å²) in [5, 5.41) is 21.7. The van der Waals surface area contributed by atoms with E-state index < -0.39 is 29.2 Å². The highest BCUT2D eigenvalue weighted by molar-refractivity contribution is 5.99. The highest BCUT2D eigenvalue weighted by atomic mass is 19.4. The van der Waals surface area contributed by atoms with Crippen molar-refractivity contribution in [2.24, 2.45) is 5.92 Å². The van der Waals surface area contributed by atoms with Crippen LogP contribution in [0.3, 0.4) is 0 Å². The number of carboxylic acid groups (broad SMARTS) is 1. The van der Waals surface area contributed by atoms with Crippen LogP contribution in [0.25, 0.3) is 11.1 Å². The van der Waals surface area contributed by atoms with Gasteiger partial charge in [0.1, 0.15) is 5.54 Å². The molecular formula is C25H28F3NO4. The molecule has 0 saturated heterocycles. The molecule has 0 bridgehead atoms. The van der Waals surface area contributed by atoms with Gasteiger partial charge in [0.05, 0.1) is 5.56 Å². The van der Waals surface area contributed by atoms with Gasteiger partial charge in [0, 0.05) is 12.2 Å². The number of carbonyl (C=O) groups excluding carboxylic acids is 1. The van der Waals surface area contributed by atoms with E-state index in [0.29, 0.717) is 61.1 Å². The first-order valence-electron chi connectivity index (χ1n) is 11.0. The summed E-state index contributed by atoms with van der Waals surface area (Å²) < 4.78 is 39.7. The quantitative estimate of drug-likeness (QED) is 0.536. The van der Waals surface area contributed by atoms with Crippen molar-refractivity contribution < 1.29 is 33.0 Å². The third-order valence-electron chi connectivity index (χ3n) is 6.37. The van der Waals surface area contributed by atoms with E-state index in [4.69, 9.17) is 0 Å². The molecule has 1 saturated carbocycles. The Hall–Kier alpha value is -2.87. The normalized spacial score (nSPS) is 20.9. The molecule has 33 heavy (non-hydrogen) atoms. The van der Waals surface area contributed by atoms with E-state index >= 15 is 0 Å². The molecule has 0 radical (unpaired) electrons. The van der Waals surface area contributed by atoms with E-state index in [1.165, 1.54) is 18.2 Å². The molecule has 5 nitrogen and oxygen atoms in total. The van der Waals surface area contributed by atoms with Gasteiger partial charge in [0.15, 0.2) is 0 Å². The molecule has 0 unspecified atom stereocenters. The summed E-state index contributed by atoms with van der Waals surface area (Å²) in [7, 11) is 0. The van der Waals surface area contributed by atoms with Gasteiger partial charge in [0.2, 0.25) is 0 Å². The van der Waals surface area contributed by atoms with Gasteiger partial charge in [-0.3, -0.25) is 4.79 Å². The molecule has 1 fully saturated rings. The van der Waals surface area contributed by atoms with E-state index in [1.54, 1.807) is 12.1 Å². The number of aryl methyl sites for hydroxylation is 1. The Kier molecular flexibility index (Phi) is 7.47. The zero-order valence-electron chi connectivity index (χ0n) is 18.4. The van der Waals surface area contributed by atoms with Crippen LogP contribution in [0.15, 0.2) is 42.5 Å². The molecule has 178 valence electrons. The molecule has 2 aromatic carbocycles. The van der Waals surface area contributed by atoms with Crippen molar-refractivity contribution >= 4 is 11.9 Å². The molecule has 8 heteroatoms. The van der Waals surface area contributed by atoms with E-state index in [2.05, 4.69) is 5.32 Å². The van der Waals surface area contributed by atoms with E-state index in [9.17, 15) is 33.0 Å². The third kappa shape index (κ3) is 5.74. The van der Waals surface area contributed by atoms with Crippen molar-refractivity contribution in [1.29, 1.82) is 0 Å². The Morgan fingerprint density at radius 1 is 1.12 bits per heavy atom. The Morgan fingerprint density at radius 2 is 1.82 bits per heavy atom. The van der Waals surface area contributed by atoms with Gasteiger partial charge in [-0.1, -0.05) is 25.1 Å². The summed E-state index contributed by atoms with van der Waals surface area (Å²) in [5.41, 5.74) is -0.538. The predicted molar refractivity (Wildman–Crippen MR) is 118 cm³/mol. The zero-order valence-corrected chi connectivity index (χ0v) is 18.4. The lowest BCUT2D eigenvalue weighted by atomic mass is 9.77. The average Bonchev–Trinajstić information content (AvgIpc) is 2.78. The van der Waals surface area contributed by atoms with E-state index in [1.807, 2.05) is 6.92 Å². The fourth-order valence-electron chi connectivity index (χ4n) is 4.27. The lowest BCUT2D eigenvalue weighted by molar-refractivity contribution is -0.146. The Balaban J connectivity index is 1.97. The summed E-state index contributed by atoms with van der Waals surface area (Å²) in [6.07, 6.45) is -1.67. The fraction of sp³-hybridized carbons (Fsp3) is 0.440. The van der Waals surface area contributed by atoms with Gasteiger partial charge >= 0.3 is 12.1 Å². The number of aliphatic carboxylic acids is 1. The van der Waals surface area contributed by atoms with Gasteiger partial charge in [-0.2, -0.15) is 13.2 Å². The Labute approximate surface area is 190 Å². The number of aliphatic hydroxyl groups is 1. The molecule has 0 aliphatic heterocycles. The Morgan fingerprint density at radius 3 is 2.42 bits per heavy atom. The molecule has 1 aliphatic carbocycles. The topological polar surface area (TPSA) is 86.6 Å². The van der Waals surface area contributed by atoms with Crippen LogP contribution in [0.1, 0.15) is 60.5 Å². The average molecular weight is 463 g/mol. The third-order valence-corrected chi connectivity index (χ3v) is 6.37. The summed E-state index contributed by atoms with van der Waals surface area (Å²) in [4.78, 5) is 25.0. The van der Waals surface area contributed by atoms with Crippen LogP contribution >= 0.6 is 0 Å². The number of halogens is 3. The number of carbonyl (C=O) groups is 2. The molecule has 1 amide bonds. The fourth-order valence-corrected chi connectivity index (χ4v) is 4.27. The number of alkyl halides is 3. The van der Waals surface area contributed by atoms with E-state index in [0.717, 1.165) is 12.1 Å². The molecule has 0 atom stereocenters. The van der Waals surface area contributed by atoms with Gasteiger partial charge in [-0.15, -0.1) is 0 Å². The van der Waals surface area contributed by atoms with Crippen molar-refractivity contribution in [3.05, 3.63) is 59.2 Å². The lowest BCUT2D eigenvalue weighted by Crippen LogP contribution is -2.56. The van der Waals surface area contributed by atoms with Gasteiger partial charge in [-0.05, 0) is 85.4 Å². The minimum Gasteiger partial charge on any atom is -0.480 e. The number of aliphatic hydroxyl groups excluding tert-OH is 1. The van der Waals surface area contributed by atoms with Crippen molar-refractivity contribution in [1.82, 2.24) is 5.32 Å². The number of carboxylic acids is 1. The highest BCUT2D eigenvalue weighted by Gasteiger charge is 2.42. The predicted octanol–water partition coefficient (Wildman–Crippen LogP) is 5.06. The second kappa shape index (κ2) is 9.95. The second-order valence-electron chi connectivity index (χ2n) is 8.80. The number of hydrogen-bond donors (Lipinski definition) is 3. The summed E-state index contributed by atoms with van der Waals surface area (Å²) in [6, 6.07) is 9.55. The summed E-state index contributed by atoms with van der Waals surface area (Å²) in [6.45, 7) is 1.96.